The van der Waals surface area contributed by atoms with E-state index in [1.165, 1.54) is 6.33 Å². The fraction of sp³-hybridized carbons (Fsp3) is 0.118. The molecule has 23 heavy (non-hydrogen) atoms. The number of rotatable bonds is 5. The third-order valence-corrected chi connectivity index (χ3v) is 4.08. The van der Waals surface area contributed by atoms with Crippen LogP contribution in [0.2, 0.25) is 0 Å². The summed E-state index contributed by atoms with van der Waals surface area (Å²) in [6.07, 6.45) is 5.18. The Morgan fingerprint density at radius 3 is 2.74 bits per heavy atom. The molecule has 0 saturated carbocycles. The summed E-state index contributed by atoms with van der Waals surface area (Å²) >= 11 is 1.64. The van der Waals surface area contributed by atoms with Crippen LogP contribution in [0.15, 0.2) is 66.1 Å². The van der Waals surface area contributed by atoms with Crippen molar-refractivity contribution in [1.29, 1.82) is 0 Å². The van der Waals surface area contributed by atoms with Crippen molar-refractivity contribution in [3.05, 3.63) is 72.3 Å². The molecule has 0 unspecified atom stereocenters. The highest BCUT2D eigenvalue weighted by Crippen LogP contribution is 2.19. The van der Waals surface area contributed by atoms with E-state index in [0.29, 0.717) is 12.1 Å². The quantitative estimate of drug-likeness (QED) is 0.732. The highest BCUT2D eigenvalue weighted by molar-refractivity contribution is 7.98. The van der Waals surface area contributed by atoms with E-state index in [1.54, 1.807) is 22.8 Å². The van der Waals surface area contributed by atoms with Gasteiger partial charge in [-0.3, -0.25) is 4.79 Å². The molecule has 0 bridgehead atoms. The second kappa shape index (κ2) is 7.11. The number of amides is 1. The lowest BCUT2D eigenvalue weighted by molar-refractivity contribution is 0.102. The summed E-state index contributed by atoms with van der Waals surface area (Å²) in [6.45, 7) is 0.637. The Morgan fingerprint density at radius 2 is 2.04 bits per heavy atom. The molecule has 0 aliphatic rings. The van der Waals surface area contributed by atoms with Crippen LogP contribution in [0.1, 0.15) is 15.9 Å². The number of hydrogen-bond donors (Lipinski definition) is 1. The van der Waals surface area contributed by atoms with Crippen LogP contribution < -0.4 is 5.32 Å². The normalized spacial score (nSPS) is 10.5. The smallest absolute Gasteiger partial charge is 0.255 e. The molecule has 2 aromatic carbocycles. The van der Waals surface area contributed by atoms with E-state index in [9.17, 15) is 4.79 Å². The highest BCUT2D eigenvalue weighted by atomic mass is 32.2. The van der Waals surface area contributed by atoms with Gasteiger partial charge in [0.1, 0.15) is 12.7 Å². The standard InChI is InChI=1S/C17H16N4OS/c1-23-16-4-2-3-15(9-16)20-17(22)14-7-5-13(6-8-14)10-21-12-18-11-19-21/h2-9,11-12H,10H2,1H3,(H,20,22). The molecule has 5 nitrogen and oxygen atoms in total. The Bertz CT molecular complexity index is 785. The number of benzene rings is 2. The summed E-state index contributed by atoms with van der Waals surface area (Å²) in [5.74, 6) is -0.115. The molecule has 0 saturated heterocycles. The predicted octanol–water partition coefficient (Wildman–Crippen LogP) is 3.30. The molecule has 1 aromatic heterocycles. The number of nitrogens with one attached hydrogen (secondary N) is 1. The first-order chi connectivity index (χ1) is 11.2. The maximum Gasteiger partial charge on any atom is 0.255 e. The van der Waals surface area contributed by atoms with Gasteiger partial charge < -0.3 is 5.32 Å². The Labute approximate surface area is 138 Å². The minimum Gasteiger partial charge on any atom is -0.322 e. The van der Waals surface area contributed by atoms with Crippen LogP contribution in [-0.2, 0) is 6.54 Å². The van der Waals surface area contributed by atoms with Gasteiger partial charge in [-0.15, -0.1) is 11.8 Å². The van der Waals surface area contributed by atoms with Gasteiger partial charge in [-0.05, 0) is 42.2 Å². The molecule has 0 atom stereocenters. The maximum absolute atomic E-state index is 12.3. The molecule has 1 amide bonds. The van der Waals surface area contributed by atoms with Crippen LogP contribution in [0.5, 0.6) is 0 Å². The van der Waals surface area contributed by atoms with E-state index in [4.69, 9.17) is 0 Å². The summed E-state index contributed by atoms with van der Waals surface area (Å²) in [4.78, 5) is 17.3. The van der Waals surface area contributed by atoms with E-state index in [0.717, 1.165) is 16.1 Å². The number of aromatic nitrogens is 3. The predicted molar refractivity (Wildman–Crippen MR) is 91.7 cm³/mol. The number of thioether (sulfide) groups is 1. The minimum atomic E-state index is -0.115. The summed E-state index contributed by atoms with van der Waals surface area (Å²) in [5, 5.41) is 6.98. The molecule has 0 radical (unpaired) electrons. The average Bonchev–Trinajstić information content (AvgIpc) is 3.08. The largest absolute Gasteiger partial charge is 0.322 e. The van der Waals surface area contributed by atoms with Gasteiger partial charge in [0.05, 0.1) is 6.54 Å². The van der Waals surface area contributed by atoms with Gasteiger partial charge >= 0.3 is 0 Å². The van der Waals surface area contributed by atoms with Crippen LogP contribution in [-0.4, -0.2) is 26.9 Å². The van der Waals surface area contributed by atoms with Gasteiger partial charge in [0.2, 0.25) is 0 Å². The molecule has 6 heteroatoms. The summed E-state index contributed by atoms with van der Waals surface area (Å²) in [6, 6.07) is 15.3. The van der Waals surface area contributed by atoms with Gasteiger partial charge in [0, 0.05) is 16.1 Å². The zero-order valence-corrected chi connectivity index (χ0v) is 13.5. The first-order valence-corrected chi connectivity index (χ1v) is 8.34. The van der Waals surface area contributed by atoms with Gasteiger partial charge in [-0.2, -0.15) is 5.10 Å². The number of hydrogen-bond acceptors (Lipinski definition) is 4. The number of anilines is 1. The molecule has 0 aliphatic carbocycles. The van der Waals surface area contributed by atoms with Gasteiger partial charge in [0.25, 0.3) is 5.91 Å². The molecule has 0 fully saturated rings. The van der Waals surface area contributed by atoms with Crippen molar-refractivity contribution in [2.75, 3.05) is 11.6 Å². The minimum absolute atomic E-state index is 0.115. The molecule has 0 aliphatic heterocycles. The average molecular weight is 324 g/mol. The highest BCUT2D eigenvalue weighted by Gasteiger charge is 2.06. The van der Waals surface area contributed by atoms with Crippen LogP contribution in [0, 0.1) is 0 Å². The van der Waals surface area contributed by atoms with E-state index in [-0.39, 0.29) is 5.91 Å². The summed E-state index contributed by atoms with van der Waals surface area (Å²) < 4.78 is 1.74. The van der Waals surface area contributed by atoms with Gasteiger partial charge in [-0.25, -0.2) is 9.67 Å². The first kappa shape index (κ1) is 15.3. The Kier molecular flexibility index (Phi) is 4.73. The van der Waals surface area contributed by atoms with E-state index in [2.05, 4.69) is 15.4 Å². The zero-order chi connectivity index (χ0) is 16.1. The third kappa shape index (κ3) is 3.98. The van der Waals surface area contributed by atoms with Crippen LogP contribution in [0.4, 0.5) is 5.69 Å². The SMILES string of the molecule is CSc1cccc(NC(=O)c2ccc(Cn3cncn3)cc2)c1. The summed E-state index contributed by atoms with van der Waals surface area (Å²) in [7, 11) is 0. The lowest BCUT2D eigenvalue weighted by Crippen LogP contribution is -2.12. The Hall–Kier alpha value is -2.60. The number of nitrogens with zero attached hydrogens (tertiary/aromatic N) is 3. The fourth-order valence-electron chi connectivity index (χ4n) is 2.17. The summed E-state index contributed by atoms with van der Waals surface area (Å²) in [5.41, 5.74) is 2.49. The first-order valence-electron chi connectivity index (χ1n) is 7.11. The molecular formula is C17H16N4OS. The van der Waals surface area contributed by atoms with Gasteiger partial charge in [-0.1, -0.05) is 18.2 Å². The van der Waals surface area contributed by atoms with Crippen molar-refractivity contribution in [1.82, 2.24) is 14.8 Å². The lowest BCUT2D eigenvalue weighted by atomic mass is 10.1. The number of carbonyl (C=O) groups is 1. The molecular weight excluding hydrogens is 308 g/mol. The molecule has 0 spiro atoms. The van der Waals surface area contributed by atoms with Crippen molar-refractivity contribution >= 4 is 23.4 Å². The van der Waals surface area contributed by atoms with E-state index in [1.807, 2.05) is 54.8 Å². The number of carbonyl (C=O) groups excluding carboxylic acids is 1. The second-order valence-corrected chi connectivity index (χ2v) is 5.86. The molecule has 1 N–H and O–H groups in total. The maximum atomic E-state index is 12.3. The molecule has 116 valence electrons. The van der Waals surface area contributed by atoms with Crippen molar-refractivity contribution in [3.8, 4) is 0 Å². The Balaban J connectivity index is 1.67. The monoisotopic (exact) mass is 324 g/mol. The second-order valence-electron chi connectivity index (χ2n) is 4.98. The fourth-order valence-corrected chi connectivity index (χ4v) is 2.63. The molecule has 1 heterocycles. The van der Waals surface area contributed by atoms with Crippen LogP contribution in [0.3, 0.4) is 0 Å². The van der Waals surface area contributed by atoms with Crippen molar-refractivity contribution < 1.29 is 4.79 Å². The van der Waals surface area contributed by atoms with Crippen molar-refractivity contribution in [2.45, 2.75) is 11.4 Å². The van der Waals surface area contributed by atoms with E-state index >= 15 is 0 Å². The van der Waals surface area contributed by atoms with Crippen LogP contribution >= 0.6 is 11.8 Å². The lowest BCUT2D eigenvalue weighted by Gasteiger charge is -2.07. The van der Waals surface area contributed by atoms with E-state index < -0.39 is 0 Å². The van der Waals surface area contributed by atoms with Gasteiger partial charge in [0.15, 0.2) is 0 Å². The topological polar surface area (TPSA) is 59.8 Å². The van der Waals surface area contributed by atoms with Crippen LogP contribution in [0.25, 0.3) is 0 Å². The third-order valence-electron chi connectivity index (χ3n) is 3.35. The molecule has 3 rings (SSSR count). The zero-order valence-electron chi connectivity index (χ0n) is 12.6. The Morgan fingerprint density at radius 1 is 1.22 bits per heavy atom. The van der Waals surface area contributed by atoms with Crippen molar-refractivity contribution in [2.24, 2.45) is 0 Å². The van der Waals surface area contributed by atoms with Crippen molar-refractivity contribution in [3.63, 3.8) is 0 Å². The molecule has 3 aromatic rings.